The van der Waals surface area contributed by atoms with Crippen LogP contribution in [0.4, 0.5) is 0 Å². The molecule has 1 N–H and O–H groups in total. The van der Waals surface area contributed by atoms with E-state index in [2.05, 4.69) is 13.8 Å². The number of benzene rings is 1. The van der Waals surface area contributed by atoms with Crippen LogP contribution in [0, 0.1) is 25.7 Å². The Morgan fingerprint density at radius 1 is 1.18 bits per heavy atom. The number of nitrogens with zero attached hydrogens (tertiary/aromatic N) is 1. The van der Waals surface area contributed by atoms with E-state index in [1.165, 1.54) is 19.3 Å². The summed E-state index contributed by atoms with van der Waals surface area (Å²) in [4.78, 5) is 4.76. The van der Waals surface area contributed by atoms with Crippen LogP contribution < -0.4 is 0 Å². The Labute approximate surface area is 153 Å². The van der Waals surface area contributed by atoms with Crippen LogP contribution >= 0.6 is 17.0 Å². The van der Waals surface area contributed by atoms with Gasteiger partial charge in [0.05, 0.1) is 6.04 Å². The summed E-state index contributed by atoms with van der Waals surface area (Å²) in [5.74, 6) is 1.76. The SMILES string of the molecule is Cc1ccc(C)c(C=NC2CCCC(C)C2C)c1O.[Cl][Zr][Cl]. The van der Waals surface area contributed by atoms with Gasteiger partial charge in [-0.25, -0.2) is 0 Å². The second-order valence-corrected chi connectivity index (χ2v) is 9.88. The Kier molecular flexibility index (Phi) is 9.28. The number of rotatable bonds is 2. The van der Waals surface area contributed by atoms with Gasteiger partial charge < -0.3 is 5.11 Å². The molecule has 1 aliphatic rings. The molecule has 1 aliphatic carbocycles. The molecule has 0 amide bonds. The van der Waals surface area contributed by atoms with Crippen molar-refractivity contribution in [3.63, 3.8) is 0 Å². The second-order valence-electron chi connectivity index (χ2n) is 6.15. The molecule has 1 fully saturated rings. The van der Waals surface area contributed by atoms with E-state index in [-0.39, 0.29) is 0 Å². The van der Waals surface area contributed by atoms with Gasteiger partial charge in [-0.3, -0.25) is 4.99 Å². The monoisotopic (exact) mass is 419 g/mol. The van der Waals surface area contributed by atoms with Gasteiger partial charge in [-0.15, -0.1) is 0 Å². The summed E-state index contributed by atoms with van der Waals surface area (Å²) in [5, 5.41) is 10.1. The predicted molar refractivity (Wildman–Crippen MR) is 92.8 cm³/mol. The quantitative estimate of drug-likeness (QED) is 0.617. The maximum absolute atomic E-state index is 10.1. The Balaban J connectivity index is 0.000000745. The zero-order chi connectivity index (χ0) is 16.7. The van der Waals surface area contributed by atoms with Crippen LogP contribution in [-0.2, 0) is 20.8 Å². The summed E-state index contributed by atoms with van der Waals surface area (Å²) in [6, 6.07) is 4.40. The van der Waals surface area contributed by atoms with E-state index in [9.17, 15) is 5.11 Å². The molecule has 0 spiro atoms. The number of phenols is 1. The molecule has 0 radical (unpaired) electrons. The average molecular weight is 422 g/mol. The minimum atomic E-state index is -0.826. The zero-order valence-corrected chi connectivity index (χ0v) is 17.7. The first-order valence-corrected chi connectivity index (χ1v) is 14.0. The van der Waals surface area contributed by atoms with Gasteiger partial charge in [-0.2, -0.15) is 0 Å². The molecule has 0 bridgehead atoms. The summed E-state index contributed by atoms with van der Waals surface area (Å²) in [6.45, 7) is 8.57. The van der Waals surface area contributed by atoms with Crippen molar-refractivity contribution in [2.75, 3.05) is 0 Å². The van der Waals surface area contributed by atoms with Crippen molar-refractivity contribution in [1.29, 1.82) is 0 Å². The minimum absolute atomic E-state index is 0.375. The fourth-order valence-electron chi connectivity index (χ4n) is 2.92. The fourth-order valence-corrected chi connectivity index (χ4v) is 2.92. The van der Waals surface area contributed by atoms with Crippen LogP contribution in [0.5, 0.6) is 5.75 Å². The summed E-state index contributed by atoms with van der Waals surface area (Å²) in [7, 11) is 9.87. The molecule has 3 unspecified atom stereocenters. The molecular weight excluding hydrogens is 396 g/mol. The van der Waals surface area contributed by atoms with Crippen molar-refractivity contribution in [2.24, 2.45) is 16.8 Å². The van der Waals surface area contributed by atoms with E-state index in [0.717, 1.165) is 22.6 Å². The number of hydrogen-bond donors (Lipinski definition) is 1. The topological polar surface area (TPSA) is 32.6 Å². The normalized spacial score (nSPS) is 24.7. The number of halogens is 2. The molecule has 1 aromatic rings. The molecule has 5 heteroatoms. The second kappa shape index (κ2) is 10.1. The molecule has 22 heavy (non-hydrogen) atoms. The van der Waals surface area contributed by atoms with E-state index >= 15 is 0 Å². The molecule has 1 aromatic carbocycles. The van der Waals surface area contributed by atoms with Gasteiger partial charge >= 0.3 is 37.9 Å². The van der Waals surface area contributed by atoms with Crippen molar-refractivity contribution in [1.82, 2.24) is 0 Å². The van der Waals surface area contributed by atoms with Gasteiger partial charge in [0, 0.05) is 11.8 Å². The van der Waals surface area contributed by atoms with Gasteiger partial charge in [0.2, 0.25) is 0 Å². The summed E-state index contributed by atoms with van der Waals surface area (Å²) < 4.78 is 0. The molecule has 2 nitrogen and oxygen atoms in total. The van der Waals surface area contributed by atoms with Gasteiger partial charge in [0.15, 0.2) is 0 Å². The van der Waals surface area contributed by atoms with Gasteiger partial charge in [0.1, 0.15) is 5.75 Å². The third-order valence-electron chi connectivity index (χ3n) is 4.70. The number of aromatic hydroxyl groups is 1. The van der Waals surface area contributed by atoms with Crippen LogP contribution in [0.2, 0.25) is 0 Å². The van der Waals surface area contributed by atoms with Crippen molar-refractivity contribution in [3.05, 3.63) is 28.8 Å². The summed E-state index contributed by atoms with van der Waals surface area (Å²) in [6.07, 6.45) is 5.65. The number of aliphatic imine (C=N–C) groups is 1. The molecule has 0 aliphatic heterocycles. The predicted octanol–water partition coefficient (Wildman–Crippen LogP) is 5.63. The molecule has 122 valence electrons. The molecule has 2 rings (SSSR count). The average Bonchev–Trinajstić information content (AvgIpc) is 2.48. The van der Waals surface area contributed by atoms with Crippen molar-refractivity contribution < 1.29 is 26.0 Å². The first kappa shape index (κ1) is 20.2. The summed E-state index contributed by atoms with van der Waals surface area (Å²) in [5.41, 5.74) is 2.88. The molecule has 1 saturated carbocycles. The number of aryl methyl sites for hydroxylation is 2. The Morgan fingerprint density at radius 3 is 2.41 bits per heavy atom. The first-order valence-electron chi connectivity index (χ1n) is 7.71. The summed E-state index contributed by atoms with van der Waals surface area (Å²) >= 11 is -0.826. The van der Waals surface area contributed by atoms with Gasteiger partial charge in [-0.05, 0) is 43.2 Å². The zero-order valence-electron chi connectivity index (χ0n) is 13.7. The van der Waals surface area contributed by atoms with Gasteiger partial charge in [0.25, 0.3) is 0 Å². The molecule has 0 heterocycles. The third kappa shape index (κ3) is 5.66. The molecule has 0 aromatic heterocycles. The first-order chi connectivity index (χ1) is 10.4. The standard InChI is InChI=1S/C17H25NO.2ClH.Zr/c1-11-6-5-7-16(14(11)4)18-10-15-12(2)8-9-13(3)17(15)19;;;/h8-11,14,16,19H,5-7H2,1-4H3;2*1H;/q;;;+2/p-2. The Bertz CT molecular complexity index is 508. The van der Waals surface area contributed by atoms with E-state index in [1.807, 2.05) is 32.2 Å². The van der Waals surface area contributed by atoms with E-state index in [1.54, 1.807) is 0 Å². The van der Waals surface area contributed by atoms with Crippen LogP contribution in [-0.4, -0.2) is 17.4 Å². The van der Waals surface area contributed by atoms with E-state index in [4.69, 9.17) is 22.0 Å². The molecule has 0 saturated heterocycles. The van der Waals surface area contributed by atoms with Crippen LogP contribution in [0.1, 0.15) is 49.8 Å². The fraction of sp³-hybridized carbons (Fsp3) is 0.588. The van der Waals surface area contributed by atoms with Gasteiger partial charge in [-0.1, -0.05) is 38.8 Å². The van der Waals surface area contributed by atoms with Crippen LogP contribution in [0.3, 0.4) is 0 Å². The number of hydrogen-bond acceptors (Lipinski definition) is 2. The molecular formula is C17H25Cl2NOZr. The molecule has 3 atom stereocenters. The maximum atomic E-state index is 10.1. The van der Waals surface area contributed by atoms with Crippen molar-refractivity contribution in [2.45, 2.75) is 53.0 Å². The van der Waals surface area contributed by atoms with Crippen LogP contribution in [0.15, 0.2) is 17.1 Å². The number of phenolic OH excluding ortho intramolecular Hbond substituents is 1. The van der Waals surface area contributed by atoms with E-state index < -0.39 is 20.8 Å². The third-order valence-corrected chi connectivity index (χ3v) is 4.70. The Morgan fingerprint density at radius 2 is 1.77 bits per heavy atom. The Hall–Kier alpha value is 0.153. The van der Waals surface area contributed by atoms with Crippen molar-refractivity contribution in [3.8, 4) is 5.75 Å². The van der Waals surface area contributed by atoms with Crippen LogP contribution in [0.25, 0.3) is 0 Å². The van der Waals surface area contributed by atoms with E-state index in [0.29, 0.717) is 17.7 Å². The van der Waals surface area contributed by atoms with Crippen molar-refractivity contribution >= 4 is 23.2 Å².